The van der Waals surface area contributed by atoms with Crippen LogP contribution in [0.1, 0.15) is 5.56 Å². The number of benzene rings is 1. The summed E-state index contributed by atoms with van der Waals surface area (Å²) >= 11 is 11.6. The minimum absolute atomic E-state index is 0.230. The molecule has 1 heterocycles. The molecule has 120 valence electrons. The van der Waals surface area contributed by atoms with Gasteiger partial charge < -0.3 is 5.32 Å². The quantitative estimate of drug-likeness (QED) is 0.673. The highest BCUT2D eigenvalue weighted by molar-refractivity contribution is 6.42. The molecule has 0 unspecified atom stereocenters. The highest BCUT2D eigenvalue weighted by atomic mass is 35.5. The van der Waals surface area contributed by atoms with Gasteiger partial charge in [-0.05, 0) is 25.1 Å². The molecule has 0 radical (unpaired) electrons. The molecule has 2 rings (SSSR count). The summed E-state index contributed by atoms with van der Waals surface area (Å²) in [6.45, 7) is 1.10. The standard InChI is InChI=1S/C14H11Cl2N3O4/c1-8-4-14(21)18(6-12(8)19(22)23)7-13(20)17-9-2-3-10(15)11(16)5-9/h2-6H,7H2,1H3,(H,17,20). The van der Waals surface area contributed by atoms with Crippen LogP contribution in [0.4, 0.5) is 11.4 Å². The Kier molecular flexibility index (Phi) is 5.02. The number of aromatic nitrogens is 1. The van der Waals surface area contributed by atoms with E-state index in [2.05, 4.69) is 5.32 Å². The molecule has 0 saturated carbocycles. The summed E-state index contributed by atoms with van der Waals surface area (Å²) in [7, 11) is 0. The first-order valence-corrected chi connectivity index (χ1v) is 7.14. The van der Waals surface area contributed by atoms with Gasteiger partial charge in [0.1, 0.15) is 6.54 Å². The molecule has 1 amide bonds. The third kappa shape index (κ3) is 4.08. The lowest BCUT2D eigenvalue weighted by Crippen LogP contribution is -2.27. The van der Waals surface area contributed by atoms with Gasteiger partial charge in [-0.15, -0.1) is 0 Å². The number of carbonyl (C=O) groups excluding carboxylic acids is 1. The SMILES string of the molecule is Cc1cc(=O)n(CC(=O)Nc2ccc(Cl)c(Cl)c2)cc1[N+](=O)[O-]. The number of rotatable bonds is 4. The zero-order valence-corrected chi connectivity index (χ0v) is 13.4. The van der Waals surface area contributed by atoms with Crippen molar-refractivity contribution >= 4 is 40.5 Å². The van der Waals surface area contributed by atoms with E-state index in [0.717, 1.165) is 16.8 Å². The Bertz CT molecular complexity index is 848. The van der Waals surface area contributed by atoms with E-state index in [-0.39, 0.29) is 22.8 Å². The van der Waals surface area contributed by atoms with Crippen LogP contribution in [0.3, 0.4) is 0 Å². The third-order valence-electron chi connectivity index (χ3n) is 3.02. The van der Waals surface area contributed by atoms with Crippen LogP contribution >= 0.6 is 23.2 Å². The van der Waals surface area contributed by atoms with Crippen molar-refractivity contribution in [3.8, 4) is 0 Å². The molecule has 0 aliphatic rings. The lowest BCUT2D eigenvalue weighted by molar-refractivity contribution is -0.385. The van der Waals surface area contributed by atoms with Gasteiger partial charge in [-0.2, -0.15) is 0 Å². The van der Waals surface area contributed by atoms with Gasteiger partial charge in [-0.3, -0.25) is 24.3 Å². The van der Waals surface area contributed by atoms with Crippen LogP contribution in [0.25, 0.3) is 0 Å². The molecular formula is C14H11Cl2N3O4. The number of hydrogen-bond donors (Lipinski definition) is 1. The number of hydrogen-bond acceptors (Lipinski definition) is 4. The largest absolute Gasteiger partial charge is 0.324 e. The smallest absolute Gasteiger partial charge is 0.288 e. The Morgan fingerprint density at radius 2 is 2.00 bits per heavy atom. The lowest BCUT2D eigenvalue weighted by Gasteiger charge is -2.08. The van der Waals surface area contributed by atoms with Gasteiger partial charge in [0.15, 0.2) is 0 Å². The Labute approximate surface area is 140 Å². The van der Waals surface area contributed by atoms with Crippen molar-refractivity contribution in [2.45, 2.75) is 13.5 Å². The van der Waals surface area contributed by atoms with E-state index < -0.39 is 16.4 Å². The number of carbonyl (C=O) groups is 1. The molecule has 0 fully saturated rings. The minimum atomic E-state index is -0.609. The first kappa shape index (κ1) is 17.0. The van der Waals surface area contributed by atoms with Crippen molar-refractivity contribution in [1.29, 1.82) is 0 Å². The van der Waals surface area contributed by atoms with E-state index in [1.807, 2.05) is 0 Å². The van der Waals surface area contributed by atoms with E-state index in [0.29, 0.717) is 10.7 Å². The maximum absolute atomic E-state index is 12.0. The molecule has 0 saturated heterocycles. The number of anilines is 1. The molecule has 1 aromatic heterocycles. The maximum Gasteiger partial charge on any atom is 0.288 e. The summed E-state index contributed by atoms with van der Waals surface area (Å²) < 4.78 is 0.970. The van der Waals surface area contributed by atoms with E-state index >= 15 is 0 Å². The van der Waals surface area contributed by atoms with Gasteiger partial charge in [0.05, 0.1) is 21.2 Å². The Balaban J connectivity index is 2.20. The van der Waals surface area contributed by atoms with Gasteiger partial charge in [-0.25, -0.2) is 0 Å². The van der Waals surface area contributed by atoms with Crippen LogP contribution in [0, 0.1) is 17.0 Å². The molecule has 0 spiro atoms. The van der Waals surface area contributed by atoms with Gasteiger partial charge >= 0.3 is 0 Å². The normalized spacial score (nSPS) is 10.4. The average molecular weight is 356 g/mol. The fourth-order valence-electron chi connectivity index (χ4n) is 1.90. The maximum atomic E-state index is 12.0. The van der Waals surface area contributed by atoms with E-state index in [1.165, 1.54) is 19.1 Å². The fraction of sp³-hybridized carbons (Fsp3) is 0.143. The molecule has 2 aromatic rings. The number of nitro groups is 1. The molecule has 0 aliphatic heterocycles. The van der Waals surface area contributed by atoms with Crippen LogP contribution in [0.15, 0.2) is 35.3 Å². The zero-order chi connectivity index (χ0) is 17.1. The second-order valence-corrected chi connectivity index (χ2v) is 5.56. The van der Waals surface area contributed by atoms with Crippen molar-refractivity contribution in [2.24, 2.45) is 0 Å². The van der Waals surface area contributed by atoms with Crippen molar-refractivity contribution in [1.82, 2.24) is 4.57 Å². The zero-order valence-electron chi connectivity index (χ0n) is 11.9. The molecule has 1 aromatic carbocycles. The number of halogens is 2. The number of pyridine rings is 1. The van der Waals surface area contributed by atoms with Gasteiger partial charge in [0, 0.05) is 17.3 Å². The topological polar surface area (TPSA) is 94.2 Å². The van der Waals surface area contributed by atoms with Crippen molar-refractivity contribution < 1.29 is 9.72 Å². The minimum Gasteiger partial charge on any atom is -0.324 e. The van der Waals surface area contributed by atoms with Crippen molar-refractivity contribution in [3.05, 3.63) is 66.5 Å². The summed E-state index contributed by atoms with van der Waals surface area (Å²) in [4.78, 5) is 34.1. The third-order valence-corrected chi connectivity index (χ3v) is 3.76. The highest BCUT2D eigenvalue weighted by Crippen LogP contribution is 2.25. The van der Waals surface area contributed by atoms with Gasteiger partial charge in [0.2, 0.25) is 5.91 Å². The predicted octanol–water partition coefficient (Wildman–Crippen LogP) is 3.01. The van der Waals surface area contributed by atoms with Gasteiger partial charge in [-0.1, -0.05) is 23.2 Å². The highest BCUT2D eigenvalue weighted by Gasteiger charge is 2.15. The molecule has 0 aliphatic carbocycles. The van der Waals surface area contributed by atoms with Gasteiger partial charge in [0.25, 0.3) is 11.2 Å². The summed E-state index contributed by atoms with van der Waals surface area (Å²) in [5.74, 6) is -0.524. The molecule has 7 nitrogen and oxygen atoms in total. The lowest BCUT2D eigenvalue weighted by atomic mass is 10.2. The van der Waals surface area contributed by atoms with Crippen LogP contribution in [0.5, 0.6) is 0 Å². The monoisotopic (exact) mass is 355 g/mol. The van der Waals surface area contributed by atoms with E-state index in [1.54, 1.807) is 6.07 Å². The van der Waals surface area contributed by atoms with Crippen LogP contribution < -0.4 is 10.9 Å². The predicted molar refractivity (Wildman–Crippen MR) is 87.2 cm³/mol. The van der Waals surface area contributed by atoms with E-state index in [4.69, 9.17) is 23.2 Å². The fourth-order valence-corrected chi connectivity index (χ4v) is 2.20. The summed E-state index contributed by atoms with van der Waals surface area (Å²) in [6, 6.07) is 5.64. The molecular weight excluding hydrogens is 345 g/mol. The first-order chi connectivity index (χ1) is 10.8. The first-order valence-electron chi connectivity index (χ1n) is 6.38. The Hall–Kier alpha value is -2.38. The Morgan fingerprint density at radius 3 is 2.61 bits per heavy atom. The van der Waals surface area contributed by atoms with Crippen LogP contribution in [0.2, 0.25) is 10.0 Å². The molecule has 23 heavy (non-hydrogen) atoms. The summed E-state index contributed by atoms with van der Waals surface area (Å²) in [6.07, 6.45) is 1.05. The van der Waals surface area contributed by atoms with Crippen LogP contribution in [-0.4, -0.2) is 15.4 Å². The number of amides is 1. The average Bonchev–Trinajstić information content (AvgIpc) is 2.45. The Morgan fingerprint density at radius 1 is 1.30 bits per heavy atom. The molecule has 0 atom stereocenters. The molecule has 9 heteroatoms. The molecule has 0 bridgehead atoms. The second-order valence-electron chi connectivity index (χ2n) is 4.74. The summed E-state index contributed by atoms with van der Waals surface area (Å²) in [5.41, 5.74) is -0.0930. The molecule has 1 N–H and O–H groups in total. The summed E-state index contributed by atoms with van der Waals surface area (Å²) in [5, 5.41) is 14.0. The number of nitrogens with one attached hydrogen (secondary N) is 1. The van der Waals surface area contributed by atoms with E-state index in [9.17, 15) is 19.7 Å². The van der Waals surface area contributed by atoms with Crippen molar-refractivity contribution in [3.63, 3.8) is 0 Å². The second kappa shape index (κ2) is 6.80. The van der Waals surface area contributed by atoms with Crippen LogP contribution in [-0.2, 0) is 11.3 Å². The van der Waals surface area contributed by atoms with Crippen molar-refractivity contribution in [2.75, 3.05) is 5.32 Å². The number of aryl methyl sites for hydroxylation is 1. The number of nitrogens with zero attached hydrogens (tertiary/aromatic N) is 2.